The van der Waals surface area contributed by atoms with E-state index in [1.807, 2.05) is 90.7 Å². The molecule has 184 valence electrons. The number of halogens is 2. The number of benzene rings is 3. The van der Waals surface area contributed by atoms with Crippen LogP contribution in [0.5, 0.6) is 5.75 Å². The second kappa shape index (κ2) is 10.3. The molecule has 5 nitrogen and oxygen atoms in total. The number of nitrogens with zero attached hydrogens (tertiary/aromatic N) is 3. The van der Waals surface area contributed by atoms with Crippen LogP contribution in [-0.2, 0) is 0 Å². The Morgan fingerprint density at radius 1 is 0.861 bits per heavy atom. The van der Waals surface area contributed by atoms with Crippen molar-refractivity contribution in [1.82, 2.24) is 9.47 Å². The molecule has 0 atom stereocenters. The molecule has 7 heteroatoms. The van der Waals surface area contributed by atoms with Gasteiger partial charge in [-0.2, -0.15) is 0 Å². The number of para-hydroxylation sites is 1. The van der Waals surface area contributed by atoms with Crippen LogP contribution in [-0.4, -0.2) is 48.7 Å². The van der Waals surface area contributed by atoms with Gasteiger partial charge >= 0.3 is 0 Å². The van der Waals surface area contributed by atoms with Crippen LogP contribution in [0.25, 0.3) is 16.9 Å². The van der Waals surface area contributed by atoms with Gasteiger partial charge in [0.05, 0.1) is 29.1 Å². The highest BCUT2D eigenvalue weighted by Gasteiger charge is 2.27. The number of hydrogen-bond acceptors (Lipinski definition) is 3. The van der Waals surface area contributed by atoms with Gasteiger partial charge in [-0.05, 0) is 67.1 Å². The first-order chi connectivity index (χ1) is 17.5. The summed E-state index contributed by atoms with van der Waals surface area (Å²) in [6.45, 7) is 4.73. The highest BCUT2D eigenvalue weighted by atomic mass is 35.5. The van der Waals surface area contributed by atoms with Gasteiger partial charge < -0.3 is 19.1 Å². The number of carbonyl (C=O) groups excluding carboxylic acids is 1. The summed E-state index contributed by atoms with van der Waals surface area (Å²) in [4.78, 5) is 17.9. The summed E-state index contributed by atoms with van der Waals surface area (Å²) in [5.41, 5.74) is 5.48. The minimum Gasteiger partial charge on any atom is -0.497 e. The molecular formula is C29H27Cl2N3O2. The van der Waals surface area contributed by atoms with E-state index in [9.17, 15) is 4.79 Å². The summed E-state index contributed by atoms with van der Waals surface area (Å²) in [6.07, 6.45) is 0. The largest absolute Gasteiger partial charge is 0.497 e. The van der Waals surface area contributed by atoms with Gasteiger partial charge in [0, 0.05) is 42.6 Å². The van der Waals surface area contributed by atoms with Gasteiger partial charge in [0.1, 0.15) is 5.75 Å². The van der Waals surface area contributed by atoms with Crippen LogP contribution in [0.4, 0.5) is 5.69 Å². The summed E-state index contributed by atoms with van der Waals surface area (Å²) >= 11 is 12.5. The first-order valence-corrected chi connectivity index (χ1v) is 12.6. The lowest BCUT2D eigenvalue weighted by Crippen LogP contribution is -2.49. The highest BCUT2D eigenvalue weighted by molar-refractivity contribution is 6.33. The highest BCUT2D eigenvalue weighted by Crippen LogP contribution is 2.32. The Balaban J connectivity index is 1.46. The molecule has 1 amide bonds. The molecule has 3 aromatic carbocycles. The summed E-state index contributed by atoms with van der Waals surface area (Å²) in [7, 11) is 1.65. The van der Waals surface area contributed by atoms with E-state index in [1.165, 1.54) is 0 Å². The molecule has 0 spiro atoms. The average molecular weight is 520 g/mol. The van der Waals surface area contributed by atoms with Crippen molar-refractivity contribution in [3.8, 4) is 22.7 Å². The molecule has 36 heavy (non-hydrogen) atoms. The molecule has 1 aliphatic heterocycles. The minimum atomic E-state index is 0.0359. The molecule has 2 heterocycles. The summed E-state index contributed by atoms with van der Waals surface area (Å²) in [5.74, 6) is 0.818. The molecule has 0 aliphatic carbocycles. The third-order valence-electron chi connectivity index (χ3n) is 6.71. The predicted molar refractivity (Wildman–Crippen MR) is 147 cm³/mol. The molecule has 0 saturated carbocycles. The lowest BCUT2D eigenvalue weighted by Gasteiger charge is -2.36. The monoisotopic (exact) mass is 519 g/mol. The zero-order chi connectivity index (χ0) is 25.2. The van der Waals surface area contributed by atoms with E-state index in [0.29, 0.717) is 23.7 Å². The first-order valence-electron chi connectivity index (χ1n) is 11.9. The predicted octanol–water partition coefficient (Wildman–Crippen LogP) is 6.73. The minimum absolute atomic E-state index is 0.0359. The van der Waals surface area contributed by atoms with Crippen molar-refractivity contribution in [3.63, 3.8) is 0 Å². The van der Waals surface area contributed by atoms with E-state index >= 15 is 0 Å². The SMILES string of the molecule is COc1ccc(-n2c(-c3ccc(Cl)cc3)cc(C(=O)N3CCN(c4ccccc4Cl)CC3)c2C)cc1. The second-order valence-electron chi connectivity index (χ2n) is 8.80. The molecule has 0 N–H and O–H groups in total. The van der Waals surface area contributed by atoms with Crippen molar-refractivity contribution < 1.29 is 9.53 Å². The van der Waals surface area contributed by atoms with E-state index in [-0.39, 0.29) is 5.91 Å². The molecule has 1 aliphatic rings. The van der Waals surface area contributed by atoms with Gasteiger partial charge in [-0.3, -0.25) is 4.79 Å². The number of rotatable bonds is 5. The Bertz CT molecular complexity index is 1370. The third-order valence-corrected chi connectivity index (χ3v) is 7.28. The average Bonchev–Trinajstić information content (AvgIpc) is 3.26. The number of ether oxygens (including phenoxy) is 1. The number of hydrogen-bond donors (Lipinski definition) is 0. The smallest absolute Gasteiger partial charge is 0.255 e. The van der Waals surface area contributed by atoms with Crippen LogP contribution in [0, 0.1) is 6.92 Å². The fraction of sp³-hybridized carbons (Fsp3) is 0.207. The second-order valence-corrected chi connectivity index (χ2v) is 9.64. The molecule has 1 fully saturated rings. The Morgan fingerprint density at radius 2 is 1.53 bits per heavy atom. The van der Waals surface area contributed by atoms with Crippen molar-refractivity contribution in [3.05, 3.63) is 100 Å². The lowest BCUT2D eigenvalue weighted by atomic mass is 10.1. The van der Waals surface area contributed by atoms with Gasteiger partial charge in [0.25, 0.3) is 5.91 Å². The van der Waals surface area contributed by atoms with Crippen molar-refractivity contribution in [1.29, 1.82) is 0 Å². The quantitative estimate of drug-likeness (QED) is 0.293. The molecule has 0 bridgehead atoms. The van der Waals surface area contributed by atoms with E-state index in [2.05, 4.69) is 9.47 Å². The summed E-state index contributed by atoms with van der Waals surface area (Å²) in [6, 6.07) is 25.4. The van der Waals surface area contributed by atoms with Crippen LogP contribution in [0.1, 0.15) is 16.1 Å². The molecular weight excluding hydrogens is 493 g/mol. The van der Waals surface area contributed by atoms with Gasteiger partial charge in [0.2, 0.25) is 0 Å². The molecule has 1 aromatic heterocycles. The Hall–Kier alpha value is -3.41. The van der Waals surface area contributed by atoms with E-state index in [0.717, 1.165) is 52.2 Å². The zero-order valence-electron chi connectivity index (χ0n) is 20.2. The summed E-state index contributed by atoms with van der Waals surface area (Å²) in [5, 5.41) is 1.41. The first kappa shape index (κ1) is 24.3. The van der Waals surface area contributed by atoms with Gasteiger partial charge in [-0.1, -0.05) is 47.5 Å². The maximum absolute atomic E-state index is 13.7. The van der Waals surface area contributed by atoms with Crippen LogP contribution in [0.15, 0.2) is 78.9 Å². The molecule has 1 saturated heterocycles. The maximum Gasteiger partial charge on any atom is 0.255 e. The van der Waals surface area contributed by atoms with Crippen molar-refractivity contribution in [2.75, 3.05) is 38.2 Å². The van der Waals surface area contributed by atoms with Crippen LogP contribution < -0.4 is 9.64 Å². The fourth-order valence-corrected chi connectivity index (χ4v) is 5.13. The van der Waals surface area contributed by atoms with Crippen molar-refractivity contribution in [2.24, 2.45) is 0 Å². The number of anilines is 1. The van der Waals surface area contributed by atoms with Crippen molar-refractivity contribution in [2.45, 2.75) is 6.92 Å². The number of aromatic nitrogens is 1. The van der Waals surface area contributed by atoms with E-state index in [1.54, 1.807) is 7.11 Å². The molecule has 0 unspecified atom stereocenters. The maximum atomic E-state index is 13.7. The molecule has 4 aromatic rings. The summed E-state index contributed by atoms with van der Waals surface area (Å²) < 4.78 is 7.46. The van der Waals surface area contributed by atoms with E-state index in [4.69, 9.17) is 27.9 Å². The number of carbonyl (C=O) groups is 1. The number of piperazine rings is 1. The zero-order valence-corrected chi connectivity index (χ0v) is 21.8. The Labute approximate surface area is 221 Å². The van der Waals surface area contributed by atoms with Crippen LogP contribution in [0.2, 0.25) is 10.0 Å². The third kappa shape index (κ3) is 4.69. The number of amides is 1. The van der Waals surface area contributed by atoms with Gasteiger partial charge in [-0.15, -0.1) is 0 Å². The Morgan fingerprint density at radius 3 is 2.17 bits per heavy atom. The van der Waals surface area contributed by atoms with Crippen molar-refractivity contribution >= 4 is 34.8 Å². The standard InChI is InChI=1S/C29H27Cl2N3O2/c1-20-25(29(35)33-17-15-32(16-18-33)27-6-4-3-5-26(27)31)19-28(21-7-9-22(30)10-8-21)34(20)23-11-13-24(36-2)14-12-23/h3-14,19H,15-18H2,1-2H3. The Kier molecular flexibility index (Phi) is 6.95. The van der Waals surface area contributed by atoms with Crippen LogP contribution in [0.3, 0.4) is 0 Å². The molecule has 5 rings (SSSR count). The van der Waals surface area contributed by atoms with Gasteiger partial charge in [0.15, 0.2) is 0 Å². The topological polar surface area (TPSA) is 37.7 Å². The fourth-order valence-electron chi connectivity index (χ4n) is 4.75. The normalized spacial score (nSPS) is 13.7. The van der Waals surface area contributed by atoms with Crippen LogP contribution >= 0.6 is 23.2 Å². The molecule has 0 radical (unpaired) electrons. The lowest BCUT2D eigenvalue weighted by molar-refractivity contribution is 0.0746. The van der Waals surface area contributed by atoms with Gasteiger partial charge in [-0.25, -0.2) is 0 Å². The number of methoxy groups -OCH3 is 1. The van der Waals surface area contributed by atoms with E-state index < -0.39 is 0 Å².